The Hall–Kier alpha value is -4.97. The molecule has 3 N–H and O–H groups in total. The molecular formula is C28H25N7O2. The number of hydrogen-bond donors (Lipinski definition) is 2. The van der Waals surface area contributed by atoms with Crippen molar-refractivity contribution in [3.63, 3.8) is 0 Å². The molecule has 0 bridgehead atoms. The van der Waals surface area contributed by atoms with E-state index in [4.69, 9.17) is 17.1 Å². The quantitative estimate of drug-likeness (QED) is 0.363. The molecule has 3 aromatic heterocycles. The number of para-hydroxylation sites is 1. The van der Waals surface area contributed by atoms with Crippen LogP contribution in [0, 0.1) is 12.3 Å². The number of aromatic nitrogens is 5. The standard InChI is InChI=1S/C28H25N7O2/c1-5-18-10-9-13-21-22(18)28(37)35(19-11-7-6-8-12-19)25(32-21)17(4)30-27(36)23-24(29)33-34-15-14-20(16(2)3)31-26(23)34/h1,6-17H,2-4H3,(H2,29,33)(H,30,36)/t17-/m0/s1. The number of rotatable bonds is 5. The van der Waals surface area contributed by atoms with Crippen molar-refractivity contribution < 1.29 is 4.79 Å². The highest BCUT2D eigenvalue weighted by molar-refractivity contribution is 6.04. The molecule has 3 heterocycles. The van der Waals surface area contributed by atoms with E-state index in [0.717, 1.165) is 5.69 Å². The van der Waals surface area contributed by atoms with Crippen LogP contribution in [0.15, 0.2) is 65.6 Å². The van der Waals surface area contributed by atoms with Crippen molar-refractivity contribution in [2.24, 2.45) is 0 Å². The van der Waals surface area contributed by atoms with Gasteiger partial charge in [-0.25, -0.2) is 14.5 Å². The van der Waals surface area contributed by atoms with Gasteiger partial charge >= 0.3 is 0 Å². The Bertz CT molecular complexity index is 1760. The average molecular weight is 492 g/mol. The molecule has 184 valence electrons. The Morgan fingerprint density at radius 1 is 1.05 bits per heavy atom. The van der Waals surface area contributed by atoms with Crippen LogP contribution in [0.5, 0.6) is 0 Å². The summed E-state index contributed by atoms with van der Waals surface area (Å²) in [5.41, 5.74) is 8.64. The summed E-state index contributed by atoms with van der Waals surface area (Å²) in [6.45, 7) is 5.78. The summed E-state index contributed by atoms with van der Waals surface area (Å²) < 4.78 is 2.96. The largest absolute Gasteiger partial charge is 0.381 e. The predicted molar refractivity (Wildman–Crippen MR) is 143 cm³/mol. The van der Waals surface area contributed by atoms with Gasteiger partial charge in [-0.05, 0) is 43.2 Å². The Kier molecular flexibility index (Phi) is 5.93. The van der Waals surface area contributed by atoms with Crippen LogP contribution in [-0.4, -0.2) is 30.1 Å². The molecule has 5 aromatic rings. The van der Waals surface area contributed by atoms with Gasteiger partial charge in [0.1, 0.15) is 11.4 Å². The minimum Gasteiger partial charge on any atom is -0.381 e. The summed E-state index contributed by atoms with van der Waals surface area (Å²) in [4.78, 5) is 36.6. The van der Waals surface area contributed by atoms with Gasteiger partial charge in [-0.2, -0.15) is 0 Å². The van der Waals surface area contributed by atoms with Crippen LogP contribution in [0.4, 0.5) is 5.82 Å². The van der Waals surface area contributed by atoms with Gasteiger partial charge in [0.25, 0.3) is 11.5 Å². The molecule has 0 radical (unpaired) electrons. The molecule has 0 aliphatic rings. The van der Waals surface area contributed by atoms with Gasteiger partial charge in [-0.15, -0.1) is 11.5 Å². The molecule has 1 amide bonds. The van der Waals surface area contributed by atoms with E-state index < -0.39 is 11.9 Å². The second-order valence-corrected chi connectivity index (χ2v) is 9.02. The topological polar surface area (TPSA) is 120 Å². The highest BCUT2D eigenvalue weighted by Gasteiger charge is 2.25. The van der Waals surface area contributed by atoms with Gasteiger partial charge in [-0.1, -0.05) is 44.0 Å². The lowest BCUT2D eigenvalue weighted by Crippen LogP contribution is -2.33. The summed E-state index contributed by atoms with van der Waals surface area (Å²) in [7, 11) is 0. The van der Waals surface area contributed by atoms with Crippen LogP contribution in [0.25, 0.3) is 22.2 Å². The van der Waals surface area contributed by atoms with Crippen molar-refractivity contribution in [2.45, 2.75) is 32.7 Å². The maximum absolute atomic E-state index is 13.7. The zero-order chi connectivity index (χ0) is 26.3. The van der Waals surface area contributed by atoms with Gasteiger partial charge in [0.2, 0.25) is 0 Å². The lowest BCUT2D eigenvalue weighted by Gasteiger charge is -2.20. The third kappa shape index (κ3) is 4.08. The number of benzene rings is 2. The first-order chi connectivity index (χ1) is 17.8. The van der Waals surface area contributed by atoms with Gasteiger partial charge in [0, 0.05) is 17.5 Å². The number of terminal acetylenes is 1. The second-order valence-electron chi connectivity index (χ2n) is 9.02. The summed E-state index contributed by atoms with van der Waals surface area (Å²) in [6.07, 6.45) is 7.40. The van der Waals surface area contributed by atoms with Crippen molar-refractivity contribution in [1.29, 1.82) is 0 Å². The smallest absolute Gasteiger partial charge is 0.267 e. The van der Waals surface area contributed by atoms with E-state index in [2.05, 4.69) is 21.3 Å². The molecule has 1 atom stereocenters. The molecule has 0 saturated carbocycles. The third-order valence-corrected chi connectivity index (χ3v) is 6.18. The number of carbonyl (C=O) groups excluding carboxylic acids is 1. The highest BCUT2D eigenvalue weighted by atomic mass is 16.2. The second kappa shape index (κ2) is 9.24. The van der Waals surface area contributed by atoms with Crippen molar-refractivity contribution in [1.82, 2.24) is 29.5 Å². The zero-order valence-electron chi connectivity index (χ0n) is 20.6. The maximum atomic E-state index is 13.7. The number of nitrogens with one attached hydrogen (secondary N) is 1. The Morgan fingerprint density at radius 3 is 2.51 bits per heavy atom. The number of hydrogen-bond acceptors (Lipinski definition) is 6. The summed E-state index contributed by atoms with van der Waals surface area (Å²) in [5.74, 6) is 2.66. The molecule has 2 aromatic carbocycles. The lowest BCUT2D eigenvalue weighted by atomic mass is 10.1. The number of fused-ring (bicyclic) bond motifs is 2. The molecule has 0 saturated heterocycles. The first-order valence-electron chi connectivity index (χ1n) is 11.8. The van der Waals surface area contributed by atoms with Crippen LogP contribution < -0.4 is 16.6 Å². The Morgan fingerprint density at radius 2 is 1.81 bits per heavy atom. The highest BCUT2D eigenvalue weighted by Crippen LogP contribution is 2.23. The molecule has 0 aliphatic carbocycles. The minimum atomic E-state index is -0.679. The third-order valence-electron chi connectivity index (χ3n) is 6.18. The van der Waals surface area contributed by atoms with Crippen LogP contribution >= 0.6 is 0 Å². The fraction of sp³-hybridized carbons (Fsp3) is 0.179. The molecule has 9 heteroatoms. The Balaban J connectivity index is 1.63. The predicted octanol–water partition coefficient (Wildman–Crippen LogP) is 3.61. The summed E-state index contributed by atoms with van der Waals surface area (Å²) in [5, 5.41) is 7.51. The van der Waals surface area contributed by atoms with E-state index in [1.165, 1.54) is 9.08 Å². The van der Waals surface area contributed by atoms with Crippen molar-refractivity contribution >= 4 is 28.3 Å². The van der Waals surface area contributed by atoms with E-state index in [-0.39, 0.29) is 22.9 Å². The maximum Gasteiger partial charge on any atom is 0.267 e. The van der Waals surface area contributed by atoms with E-state index in [1.807, 2.05) is 38.1 Å². The van der Waals surface area contributed by atoms with E-state index in [1.54, 1.807) is 43.5 Å². The van der Waals surface area contributed by atoms with Crippen LogP contribution in [0.2, 0.25) is 0 Å². The fourth-order valence-electron chi connectivity index (χ4n) is 4.32. The normalized spacial score (nSPS) is 12.1. The number of amides is 1. The minimum absolute atomic E-state index is 0.0590. The summed E-state index contributed by atoms with van der Waals surface area (Å²) >= 11 is 0. The number of anilines is 1. The number of carbonyl (C=O) groups is 1. The number of nitrogens with two attached hydrogens (primary N) is 1. The molecule has 5 rings (SSSR count). The fourth-order valence-corrected chi connectivity index (χ4v) is 4.32. The van der Waals surface area contributed by atoms with Gasteiger partial charge in [-0.3, -0.25) is 14.2 Å². The van der Waals surface area contributed by atoms with Crippen molar-refractivity contribution in [3.8, 4) is 18.0 Å². The van der Waals surface area contributed by atoms with E-state index >= 15 is 0 Å². The average Bonchev–Trinajstić information content (AvgIpc) is 3.23. The SMILES string of the molecule is C#Cc1cccc2nc([C@H](C)NC(=O)c3c(N)nn4ccc(C(C)C)nc34)n(-c3ccccc3)c(=O)c12. The number of nitrogen functional groups attached to an aromatic ring is 1. The number of nitrogens with zero attached hydrogens (tertiary/aromatic N) is 5. The molecule has 0 aliphatic heterocycles. The molecule has 0 unspecified atom stereocenters. The monoisotopic (exact) mass is 491 g/mol. The van der Waals surface area contributed by atoms with Crippen LogP contribution in [-0.2, 0) is 0 Å². The van der Waals surface area contributed by atoms with Gasteiger partial charge in [0.15, 0.2) is 11.5 Å². The first-order valence-corrected chi connectivity index (χ1v) is 11.8. The van der Waals surface area contributed by atoms with Crippen LogP contribution in [0.1, 0.15) is 60.2 Å². The van der Waals surface area contributed by atoms with Gasteiger partial charge in [0.05, 0.1) is 22.6 Å². The molecule has 37 heavy (non-hydrogen) atoms. The lowest BCUT2D eigenvalue weighted by molar-refractivity contribution is 0.0940. The molecular weight excluding hydrogens is 466 g/mol. The zero-order valence-corrected chi connectivity index (χ0v) is 20.6. The Labute approximate surface area is 213 Å². The van der Waals surface area contributed by atoms with Crippen molar-refractivity contribution in [2.75, 3.05) is 5.73 Å². The molecule has 0 fully saturated rings. The van der Waals surface area contributed by atoms with E-state index in [0.29, 0.717) is 33.6 Å². The van der Waals surface area contributed by atoms with E-state index in [9.17, 15) is 9.59 Å². The summed E-state index contributed by atoms with van der Waals surface area (Å²) in [6, 6.07) is 15.4. The van der Waals surface area contributed by atoms with Crippen molar-refractivity contribution in [3.05, 3.63) is 93.8 Å². The molecule has 0 spiro atoms. The van der Waals surface area contributed by atoms with Gasteiger partial charge < -0.3 is 11.1 Å². The molecule has 9 nitrogen and oxygen atoms in total. The van der Waals surface area contributed by atoms with Crippen LogP contribution in [0.3, 0.4) is 0 Å². The first kappa shape index (κ1) is 23.8.